The fraction of sp³-hybridized carbons (Fsp3) is 0.583. The summed E-state index contributed by atoms with van der Waals surface area (Å²) in [4.78, 5) is 6.87. The van der Waals surface area contributed by atoms with Crippen LogP contribution in [0.2, 0.25) is 0 Å². The summed E-state index contributed by atoms with van der Waals surface area (Å²) in [6.45, 7) is 8.96. The van der Waals surface area contributed by atoms with Crippen LogP contribution in [0.5, 0.6) is 0 Å². The fourth-order valence-electron chi connectivity index (χ4n) is 2.64. The molecule has 0 saturated carbocycles. The van der Waals surface area contributed by atoms with Gasteiger partial charge in [0.25, 0.3) is 0 Å². The Kier molecular flexibility index (Phi) is 1.80. The predicted octanol–water partition coefficient (Wildman–Crippen LogP) is 1.11. The van der Waals surface area contributed by atoms with Crippen molar-refractivity contribution in [2.24, 2.45) is 5.41 Å². The van der Waals surface area contributed by atoms with Gasteiger partial charge in [0.05, 0.1) is 0 Å². The van der Waals surface area contributed by atoms with Crippen LogP contribution in [0.4, 0.5) is 5.69 Å². The summed E-state index contributed by atoms with van der Waals surface area (Å²) in [6.07, 6.45) is 0. The molecule has 1 aromatic rings. The third kappa shape index (κ3) is 1.42. The van der Waals surface area contributed by atoms with Crippen molar-refractivity contribution >= 4 is 5.69 Å². The maximum atomic E-state index is 4.41. The number of nitrogens with one attached hydrogen (secondary N) is 1. The second kappa shape index (κ2) is 2.95. The van der Waals surface area contributed by atoms with Gasteiger partial charge in [-0.05, 0) is 26.0 Å². The van der Waals surface area contributed by atoms with E-state index in [9.17, 15) is 0 Å². The molecule has 0 atom stereocenters. The van der Waals surface area contributed by atoms with E-state index in [1.165, 1.54) is 31.9 Å². The molecule has 3 rings (SSSR count). The number of aromatic nitrogens is 1. The largest absolute Gasteiger partial charge is 0.370 e. The zero-order valence-electron chi connectivity index (χ0n) is 9.38. The van der Waals surface area contributed by atoms with Gasteiger partial charge in [0.2, 0.25) is 0 Å². The lowest BCUT2D eigenvalue weighted by Gasteiger charge is -2.57. The summed E-state index contributed by atoms with van der Waals surface area (Å²) in [5.41, 5.74) is 4.19. The number of hydrogen-bond acceptors (Lipinski definition) is 3. The molecule has 0 radical (unpaired) electrons. The van der Waals surface area contributed by atoms with Crippen LogP contribution in [0.3, 0.4) is 0 Å². The van der Waals surface area contributed by atoms with Crippen LogP contribution in [0.15, 0.2) is 12.1 Å². The van der Waals surface area contributed by atoms with E-state index in [1.807, 2.05) is 0 Å². The van der Waals surface area contributed by atoms with Gasteiger partial charge in [-0.2, -0.15) is 0 Å². The van der Waals surface area contributed by atoms with Gasteiger partial charge in [-0.1, -0.05) is 0 Å². The average molecular weight is 203 g/mol. The van der Waals surface area contributed by atoms with Crippen molar-refractivity contribution < 1.29 is 0 Å². The zero-order chi connectivity index (χ0) is 10.5. The molecule has 1 aromatic heterocycles. The van der Waals surface area contributed by atoms with Crippen molar-refractivity contribution in [1.29, 1.82) is 0 Å². The van der Waals surface area contributed by atoms with Gasteiger partial charge in [-0.25, -0.2) is 0 Å². The number of pyridine rings is 1. The van der Waals surface area contributed by atoms with Crippen LogP contribution < -0.4 is 10.2 Å². The molecule has 2 aliphatic heterocycles. The van der Waals surface area contributed by atoms with Gasteiger partial charge in [-0.3, -0.25) is 4.98 Å². The maximum absolute atomic E-state index is 4.41. The van der Waals surface area contributed by atoms with E-state index in [2.05, 4.69) is 41.2 Å². The number of rotatable bonds is 1. The molecule has 0 amide bonds. The third-order valence-electron chi connectivity index (χ3n) is 3.48. The van der Waals surface area contributed by atoms with E-state index in [0.717, 1.165) is 11.4 Å². The van der Waals surface area contributed by atoms with Crippen molar-refractivity contribution in [2.45, 2.75) is 13.8 Å². The highest BCUT2D eigenvalue weighted by atomic mass is 15.3. The highest BCUT2D eigenvalue weighted by molar-refractivity contribution is 5.52. The Morgan fingerprint density at radius 3 is 2.27 bits per heavy atom. The summed E-state index contributed by atoms with van der Waals surface area (Å²) < 4.78 is 0. The Morgan fingerprint density at radius 2 is 1.80 bits per heavy atom. The Labute approximate surface area is 90.5 Å². The Morgan fingerprint density at radius 1 is 1.20 bits per heavy atom. The lowest BCUT2D eigenvalue weighted by molar-refractivity contribution is 0.121. The summed E-state index contributed by atoms with van der Waals surface area (Å²) in [5, 5.41) is 3.36. The molecule has 0 aliphatic carbocycles. The van der Waals surface area contributed by atoms with E-state index in [1.54, 1.807) is 0 Å². The van der Waals surface area contributed by atoms with Crippen molar-refractivity contribution in [3.63, 3.8) is 0 Å². The Bertz CT molecular complexity index is 368. The normalized spacial score (nSPS) is 22.4. The number of anilines is 1. The summed E-state index contributed by atoms with van der Waals surface area (Å²) in [5.74, 6) is 0. The lowest BCUT2D eigenvalue weighted by atomic mass is 9.74. The molecule has 3 heteroatoms. The van der Waals surface area contributed by atoms with E-state index >= 15 is 0 Å². The van der Waals surface area contributed by atoms with Gasteiger partial charge in [0.15, 0.2) is 0 Å². The molecule has 2 fully saturated rings. The first kappa shape index (κ1) is 9.16. The summed E-state index contributed by atoms with van der Waals surface area (Å²) >= 11 is 0. The van der Waals surface area contributed by atoms with Crippen LogP contribution >= 0.6 is 0 Å². The molecule has 2 aliphatic rings. The minimum atomic E-state index is 0.602. The SMILES string of the molecule is Cc1cc(N2CC3(CNC3)C2)cc(C)n1. The van der Waals surface area contributed by atoms with Crippen LogP contribution in [-0.2, 0) is 0 Å². The average Bonchev–Trinajstić information content (AvgIpc) is 1.95. The summed E-state index contributed by atoms with van der Waals surface area (Å²) in [6, 6.07) is 4.37. The molecular weight excluding hydrogens is 186 g/mol. The van der Waals surface area contributed by atoms with Crippen molar-refractivity contribution in [3.8, 4) is 0 Å². The van der Waals surface area contributed by atoms with E-state index in [0.29, 0.717) is 5.41 Å². The van der Waals surface area contributed by atoms with Gasteiger partial charge < -0.3 is 10.2 Å². The Hall–Kier alpha value is -1.09. The molecule has 0 unspecified atom stereocenters. The third-order valence-corrected chi connectivity index (χ3v) is 3.48. The highest BCUT2D eigenvalue weighted by Crippen LogP contribution is 2.37. The first-order valence-electron chi connectivity index (χ1n) is 5.58. The molecule has 2 saturated heterocycles. The van der Waals surface area contributed by atoms with Crippen LogP contribution in [-0.4, -0.2) is 31.2 Å². The molecule has 80 valence electrons. The first-order valence-corrected chi connectivity index (χ1v) is 5.58. The number of nitrogens with zero attached hydrogens (tertiary/aromatic N) is 2. The smallest absolute Gasteiger partial charge is 0.0402 e. The molecule has 15 heavy (non-hydrogen) atoms. The van der Waals surface area contributed by atoms with Gasteiger partial charge >= 0.3 is 0 Å². The maximum Gasteiger partial charge on any atom is 0.0402 e. The van der Waals surface area contributed by atoms with E-state index in [-0.39, 0.29) is 0 Å². The molecule has 1 spiro atoms. The Balaban J connectivity index is 1.77. The van der Waals surface area contributed by atoms with Crippen LogP contribution in [0.1, 0.15) is 11.4 Å². The number of hydrogen-bond donors (Lipinski definition) is 1. The molecular formula is C12H17N3. The molecule has 0 bridgehead atoms. The predicted molar refractivity (Wildman–Crippen MR) is 61.2 cm³/mol. The minimum Gasteiger partial charge on any atom is -0.370 e. The fourth-order valence-corrected chi connectivity index (χ4v) is 2.64. The second-order valence-corrected chi connectivity index (χ2v) is 5.07. The zero-order valence-corrected chi connectivity index (χ0v) is 9.38. The second-order valence-electron chi connectivity index (χ2n) is 5.07. The first-order chi connectivity index (χ1) is 7.17. The van der Waals surface area contributed by atoms with Crippen LogP contribution in [0, 0.1) is 19.3 Å². The lowest BCUT2D eigenvalue weighted by Crippen LogP contribution is -2.71. The van der Waals surface area contributed by atoms with Crippen molar-refractivity contribution in [1.82, 2.24) is 10.3 Å². The minimum absolute atomic E-state index is 0.602. The van der Waals surface area contributed by atoms with E-state index < -0.39 is 0 Å². The molecule has 0 aromatic carbocycles. The van der Waals surface area contributed by atoms with Crippen molar-refractivity contribution in [3.05, 3.63) is 23.5 Å². The topological polar surface area (TPSA) is 28.2 Å². The van der Waals surface area contributed by atoms with Crippen molar-refractivity contribution in [2.75, 3.05) is 31.1 Å². The standard InChI is InChI=1S/C12H17N3/c1-9-3-11(4-10(2)14-9)15-7-12(8-15)5-13-6-12/h3-4,13H,5-8H2,1-2H3. The monoisotopic (exact) mass is 203 g/mol. The quantitative estimate of drug-likeness (QED) is 0.741. The molecule has 1 N–H and O–H groups in total. The summed E-state index contributed by atoms with van der Waals surface area (Å²) in [7, 11) is 0. The van der Waals surface area contributed by atoms with Gasteiger partial charge in [-0.15, -0.1) is 0 Å². The number of aryl methyl sites for hydroxylation is 2. The van der Waals surface area contributed by atoms with Crippen LogP contribution in [0.25, 0.3) is 0 Å². The molecule has 3 heterocycles. The van der Waals surface area contributed by atoms with Gasteiger partial charge in [0, 0.05) is 48.7 Å². The van der Waals surface area contributed by atoms with Gasteiger partial charge in [0.1, 0.15) is 0 Å². The molecule has 3 nitrogen and oxygen atoms in total. The highest BCUT2D eigenvalue weighted by Gasteiger charge is 2.47. The van der Waals surface area contributed by atoms with E-state index in [4.69, 9.17) is 0 Å².